The lowest BCUT2D eigenvalue weighted by atomic mass is 9.81. The molecule has 78 valence electrons. The Hall–Kier alpha value is 0.235. The quantitative estimate of drug-likeness (QED) is 0.661. The summed E-state index contributed by atoms with van der Waals surface area (Å²) in [7, 11) is -0.269. The van der Waals surface area contributed by atoms with Crippen LogP contribution in [0.15, 0.2) is 0 Å². The molecule has 1 atom stereocenters. The molecule has 0 aromatic heterocycles. The van der Waals surface area contributed by atoms with Crippen LogP contribution in [0.1, 0.15) is 34.6 Å². The molecule has 1 heterocycles. The van der Waals surface area contributed by atoms with E-state index in [4.69, 9.17) is 15.0 Å². The maximum Gasteiger partial charge on any atom is 0.475 e. The Morgan fingerprint density at radius 1 is 1.08 bits per heavy atom. The van der Waals surface area contributed by atoms with Gasteiger partial charge in [0.2, 0.25) is 0 Å². The molecule has 0 radical (unpaired) electrons. The average Bonchev–Trinajstić information content (AvgIpc) is 2.03. The fourth-order valence-electron chi connectivity index (χ4n) is 1.10. The average molecular weight is 208 g/mol. The van der Waals surface area contributed by atoms with E-state index in [1.54, 1.807) is 0 Å². The molecule has 0 unspecified atom stereocenters. The Labute approximate surface area is 86.9 Å². The molecule has 1 aliphatic rings. The van der Waals surface area contributed by atoms with Crippen LogP contribution in [0.4, 0.5) is 0 Å². The van der Waals surface area contributed by atoms with Crippen LogP contribution in [0.3, 0.4) is 0 Å². The van der Waals surface area contributed by atoms with Crippen LogP contribution < -0.4 is 5.73 Å². The van der Waals surface area contributed by atoms with E-state index < -0.39 is 0 Å². The van der Waals surface area contributed by atoms with Crippen molar-refractivity contribution in [2.45, 2.75) is 51.8 Å². The van der Waals surface area contributed by atoms with Crippen molar-refractivity contribution in [3.05, 3.63) is 0 Å². The normalized spacial score (nSPS) is 26.8. The van der Waals surface area contributed by atoms with Crippen LogP contribution in [0, 0.1) is 0 Å². The Bertz CT molecular complexity index is 169. The summed E-state index contributed by atoms with van der Waals surface area (Å²) in [4.78, 5) is 0. The Morgan fingerprint density at radius 3 is 1.54 bits per heavy atom. The Morgan fingerprint density at radius 2 is 1.38 bits per heavy atom. The smallest absolute Gasteiger partial charge is 0.402 e. The van der Waals surface area contributed by atoms with Crippen molar-refractivity contribution in [3.8, 4) is 0 Å². The summed E-state index contributed by atoms with van der Waals surface area (Å²) in [5, 5.41) is 0. The lowest BCUT2D eigenvalue weighted by molar-refractivity contribution is 0.00578. The van der Waals surface area contributed by atoms with Gasteiger partial charge in [-0.3, -0.25) is 0 Å². The zero-order chi connectivity index (χ0) is 9.57. The fourth-order valence-corrected chi connectivity index (χ4v) is 1.10. The minimum atomic E-state index is -0.269. The molecule has 0 bridgehead atoms. The van der Waals surface area contributed by atoms with Crippen molar-refractivity contribution in [2.24, 2.45) is 5.73 Å². The minimum absolute atomic E-state index is 0. The molecule has 3 nitrogen and oxygen atoms in total. The second kappa shape index (κ2) is 3.77. The van der Waals surface area contributed by atoms with Crippen LogP contribution in [0.5, 0.6) is 0 Å². The zero-order valence-corrected chi connectivity index (χ0v) is 9.77. The lowest BCUT2D eigenvalue weighted by Crippen LogP contribution is -2.41. The molecule has 1 saturated heterocycles. The summed E-state index contributed by atoms with van der Waals surface area (Å²) in [6, 6.07) is 0. The van der Waals surface area contributed by atoms with Crippen LogP contribution in [0.2, 0.25) is 0 Å². The van der Waals surface area contributed by atoms with Gasteiger partial charge in [0.25, 0.3) is 0 Å². The summed E-state index contributed by atoms with van der Waals surface area (Å²) in [5.41, 5.74) is 5.17. The third kappa shape index (κ3) is 2.37. The first kappa shape index (κ1) is 13.2. The topological polar surface area (TPSA) is 44.5 Å². The van der Waals surface area contributed by atoms with Gasteiger partial charge < -0.3 is 15.0 Å². The molecule has 1 rings (SSSR count). The molecule has 0 aliphatic carbocycles. The molecule has 13 heavy (non-hydrogen) atoms. The molecule has 0 aromatic rings. The lowest BCUT2D eigenvalue weighted by Gasteiger charge is -2.32. The third-order valence-corrected chi connectivity index (χ3v) is 2.70. The molecule has 1 aliphatic heterocycles. The van der Waals surface area contributed by atoms with Gasteiger partial charge in [0, 0.05) is 5.94 Å². The maximum atomic E-state index is 5.69. The SMILES string of the molecule is C[C@@H](N)B1OC(C)(C)C(C)(C)O1.Cl. The first-order valence-corrected chi connectivity index (χ1v) is 4.37. The highest BCUT2D eigenvalue weighted by Gasteiger charge is 2.52. The van der Waals surface area contributed by atoms with Crippen molar-refractivity contribution >= 4 is 19.5 Å². The second-order valence-corrected chi connectivity index (χ2v) is 4.48. The summed E-state index contributed by atoms with van der Waals surface area (Å²) >= 11 is 0. The molecule has 0 saturated carbocycles. The highest BCUT2D eigenvalue weighted by molar-refractivity contribution is 6.47. The van der Waals surface area contributed by atoms with Gasteiger partial charge >= 0.3 is 7.12 Å². The van der Waals surface area contributed by atoms with Crippen LogP contribution in [-0.2, 0) is 9.31 Å². The van der Waals surface area contributed by atoms with E-state index in [-0.39, 0.29) is 36.7 Å². The summed E-state index contributed by atoms with van der Waals surface area (Å²) in [5.74, 6) is -0.0777. The zero-order valence-electron chi connectivity index (χ0n) is 8.96. The molecule has 1 fully saturated rings. The van der Waals surface area contributed by atoms with Gasteiger partial charge in [0.1, 0.15) is 0 Å². The van der Waals surface area contributed by atoms with Gasteiger partial charge in [-0.2, -0.15) is 0 Å². The fraction of sp³-hybridized carbons (Fsp3) is 1.00. The van der Waals surface area contributed by atoms with E-state index in [0.717, 1.165) is 0 Å². The van der Waals surface area contributed by atoms with Gasteiger partial charge in [0.15, 0.2) is 0 Å². The number of halogens is 1. The summed E-state index contributed by atoms with van der Waals surface area (Å²) in [6.07, 6.45) is 0. The van der Waals surface area contributed by atoms with Gasteiger partial charge in [0.05, 0.1) is 11.2 Å². The predicted molar refractivity (Wildman–Crippen MR) is 57.0 cm³/mol. The molecule has 0 amide bonds. The molecular formula is C8H19BClNO2. The molecule has 5 heteroatoms. The third-order valence-electron chi connectivity index (χ3n) is 2.70. The molecule has 2 N–H and O–H groups in total. The van der Waals surface area contributed by atoms with E-state index in [1.807, 2.05) is 34.6 Å². The van der Waals surface area contributed by atoms with Crippen molar-refractivity contribution in [3.63, 3.8) is 0 Å². The number of nitrogens with two attached hydrogens (primary N) is 1. The van der Waals surface area contributed by atoms with Crippen LogP contribution in [-0.4, -0.2) is 24.3 Å². The van der Waals surface area contributed by atoms with E-state index in [2.05, 4.69) is 0 Å². The van der Waals surface area contributed by atoms with Crippen molar-refractivity contribution < 1.29 is 9.31 Å². The standard InChI is InChI=1S/C8H18BNO2.ClH/c1-6(10)9-11-7(2,3)8(4,5)12-9;/h6H,10H2,1-5H3;1H/t6-;/m1./s1. The number of hydrogen-bond donors (Lipinski definition) is 1. The largest absolute Gasteiger partial charge is 0.475 e. The van der Waals surface area contributed by atoms with E-state index in [1.165, 1.54) is 0 Å². The van der Waals surface area contributed by atoms with Crippen molar-refractivity contribution in [1.82, 2.24) is 0 Å². The van der Waals surface area contributed by atoms with Crippen LogP contribution >= 0.6 is 12.4 Å². The first-order chi connectivity index (χ1) is 5.26. The van der Waals surface area contributed by atoms with Gasteiger partial charge in [-0.05, 0) is 27.7 Å². The van der Waals surface area contributed by atoms with Crippen molar-refractivity contribution in [2.75, 3.05) is 0 Å². The second-order valence-electron chi connectivity index (χ2n) is 4.48. The van der Waals surface area contributed by atoms with E-state index >= 15 is 0 Å². The first-order valence-electron chi connectivity index (χ1n) is 4.37. The monoisotopic (exact) mass is 207 g/mol. The molecule has 0 spiro atoms. The van der Waals surface area contributed by atoms with Crippen LogP contribution in [0.25, 0.3) is 0 Å². The predicted octanol–water partition coefficient (Wildman–Crippen LogP) is 1.39. The van der Waals surface area contributed by atoms with E-state index in [9.17, 15) is 0 Å². The van der Waals surface area contributed by atoms with E-state index in [0.29, 0.717) is 0 Å². The Balaban J connectivity index is 0.00000144. The molecular weight excluding hydrogens is 188 g/mol. The van der Waals surface area contributed by atoms with Gasteiger partial charge in [-0.15, -0.1) is 12.4 Å². The summed E-state index contributed by atoms with van der Waals surface area (Å²) in [6.45, 7) is 9.98. The minimum Gasteiger partial charge on any atom is -0.402 e. The summed E-state index contributed by atoms with van der Waals surface area (Å²) < 4.78 is 11.4. The number of hydrogen-bond acceptors (Lipinski definition) is 3. The Kier molecular flexibility index (Phi) is 3.84. The maximum absolute atomic E-state index is 5.69. The molecule has 0 aromatic carbocycles. The highest BCUT2D eigenvalue weighted by Crippen LogP contribution is 2.36. The van der Waals surface area contributed by atoms with Gasteiger partial charge in [-0.1, -0.05) is 6.92 Å². The van der Waals surface area contributed by atoms with Gasteiger partial charge in [-0.25, -0.2) is 0 Å². The highest BCUT2D eigenvalue weighted by atomic mass is 35.5. The number of rotatable bonds is 1. The van der Waals surface area contributed by atoms with Crippen molar-refractivity contribution in [1.29, 1.82) is 0 Å².